The monoisotopic (exact) mass is 550 g/mol. The molecule has 0 saturated heterocycles. The molecule has 0 spiro atoms. The van der Waals surface area contributed by atoms with Crippen molar-refractivity contribution in [2.24, 2.45) is 0 Å². The maximum absolute atomic E-state index is 4.93. The van der Waals surface area contributed by atoms with Crippen LogP contribution in [-0.4, -0.2) is 19.5 Å². The molecule has 8 rings (SSSR count). The number of para-hydroxylation sites is 2. The first-order valence-electron chi connectivity index (χ1n) is 14.4. The molecule has 0 amide bonds. The predicted molar refractivity (Wildman–Crippen MR) is 176 cm³/mol. The molecule has 6 aromatic carbocycles. The van der Waals surface area contributed by atoms with E-state index in [0.29, 0.717) is 17.5 Å². The van der Waals surface area contributed by atoms with Crippen LogP contribution in [0.3, 0.4) is 0 Å². The van der Waals surface area contributed by atoms with Crippen molar-refractivity contribution in [3.05, 3.63) is 158 Å². The average Bonchev–Trinajstić information content (AvgIpc) is 3.43. The highest BCUT2D eigenvalue weighted by atomic mass is 15.0. The van der Waals surface area contributed by atoms with Gasteiger partial charge in [0, 0.05) is 33.2 Å². The van der Waals surface area contributed by atoms with Gasteiger partial charge in [-0.2, -0.15) is 0 Å². The summed E-state index contributed by atoms with van der Waals surface area (Å²) in [6.07, 6.45) is 0. The number of hydrogen-bond acceptors (Lipinski definition) is 3. The number of nitrogens with zero attached hydrogens (tertiary/aromatic N) is 4. The van der Waals surface area contributed by atoms with E-state index in [2.05, 4.69) is 102 Å². The third-order valence-corrected chi connectivity index (χ3v) is 7.84. The molecule has 0 bridgehead atoms. The molecule has 0 aliphatic rings. The number of rotatable bonds is 5. The van der Waals surface area contributed by atoms with Crippen molar-refractivity contribution in [1.82, 2.24) is 19.5 Å². The molecule has 8 aromatic rings. The van der Waals surface area contributed by atoms with E-state index in [0.717, 1.165) is 33.5 Å². The molecule has 0 N–H and O–H groups in total. The second-order valence-corrected chi connectivity index (χ2v) is 10.5. The van der Waals surface area contributed by atoms with E-state index in [1.807, 2.05) is 60.7 Å². The van der Waals surface area contributed by atoms with Crippen LogP contribution in [0.5, 0.6) is 0 Å². The molecule has 0 atom stereocenters. The minimum atomic E-state index is 0.646. The van der Waals surface area contributed by atoms with Crippen molar-refractivity contribution in [2.75, 3.05) is 0 Å². The van der Waals surface area contributed by atoms with Crippen LogP contribution in [0, 0.1) is 0 Å². The zero-order chi connectivity index (χ0) is 28.6. The first kappa shape index (κ1) is 24.9. The summed E-state index contributed by atoms with van der Waals surface area (Å²) in [5.41, 5.74) is 8.60. The Balaban J connectivity index is 1.25. The van der Waals surface area contributed by atoms with E-state index in [-0.39, 0.29) is 0 Å². The molecule has 43 heavy (non-hydrogen) atoms. The van der Waals surface area contributed by atoms with Gasteiger partial charge in [0.2, 0.25) is 0 Å². The van der Waals surface area contributed by atoms with Crippen molar-refractivity contribution >= 4 is 21.8 Å². The van der Waals surface area contributed by atoms with Gasteiger partial charge in [0.1, 0.15) is 0 Å². The summed E-state index contributed by atoms with van der Waals surface area (Å²) in [5.74, 6) is 1.96. The summed E-state index contributed by atoms with van der Waals surface area (Å²) >= 11 is 0. The number of benzene rings is 6. The van der Waals surface area contributed by atoms with E-state index >= 15 is 0 Å². The quantitative estimate of drug-likeness (QED) is 0.214. The summed E-state index contributed by atoms with van der Waals surface area (Å²) in [6, 6.07) is 54.5. The van der Waals surface area contributed by atoms with Gasteiger partial charge in [-0.1, -0.05) is 127 Å². The highest BCUT2D eigenvalue weighted by Crippen LogP contribution is 2.34. The van der Waals surface area contributed by atoms with E-state index in [4.69, 9.17) is 15.0 Å². The first-order chi connectivity index (χ1) is 21.3. The van der Waals surface area contributed by atoms with E-state index < -0.39 is 0 Å². The maximum atomic E-state index is 4.93. The van der Waals surface area contributed by atoms with Gasteiger partial charge in [0.05, 0.1) is 11.0 Å². The van der Waals surface area contributed by atoms with Crippen molar-refractivity contribution in [2.45, 2.75) is 0 Å². The van der Waals surface area contributed by atoms with Crippen LogP contribution in [0.4, 0.5) is 0 Å². The molecule has 0 unspecified atom stereocenters. The normalized spacial score (nSPS) is 11.3. The fraction of sp³-hybridized carbons (Fsp3) is 0. The van der Waals surface area contributed by atoms with Gasteiger partial charge in [0.25, 0.3) is 0 Å². The molecule has 4 heteroatoms. The zero-order valence-electron chi connectivity index (χ0n) is 23.3. The Morgan fingerprint density at radius 2 is 0.744 bits per heavy atom. The van der Waals surface area contributed by atoms with Crippen molar-refractivity contribution < 1.29 is 0 Å². The van der Waals surface area contributed by atoms with Crippen LogP contribution in [-0.2, 0) is 0 Å². The molecule has 2 heterocycles. The Hall–Kier alpha value is -5.87. The third kappa shape index (κ3) is 4.55. The molecular formula is C39H26N4. The molecule has 2 aromatic heterocycles. The SMILES string of the molecule is c1ccc(-c2nc(-c3ccccc3)nc(-c3cccc(-c4cccc(-n5c6ccccc6c6ccccc65)c4)c3)n2)cc1. The Morgan fingerprint density at radius 1 is 0.326 bits per heavy atom. The van der Waals surface area contributed by atoms with Gasteiger partial charge in [-0.25, -0.2) is 15.0 Å². The predicted octanol–water partition coefficient (Wildman–Crippen LogP) is 9.64. The van der Waals surface area contributed by atoms with Crippen molar-refractivity contribution in [1.29, 1.82) is 0 Å². The fourth-order valence-corrected chi connectivity index (χ4v) is 5.80. The van der Waals surface area contributed by atoms with Crippen molar-refractivity contribution in [3.63, 3.8) is 0 Å². The van der Waals surface area contributed by atoms with Crippen LogP contribution in [0.2, 0.25) is 0 Å². The van der Waals surface area contributed by atoms with Crippen LogP contribution < -0.4 is 0 Å². The lowest BCUT2D eigenvalue weighted by molar-refractivity contribution is 1.07. The standard InChI is InChI=1S/C39H26N4/c1-3-13-27(14-4-1)37-40-38(28-15-5-2-6-16-28)42-39(41-37)31-19-11-17-29(25-31)30-18-12-20-32(26-30)43-35-23-9-7-21-33(35)34-22-8-10-24-36(34)43/h1-26H. The second kappa shape index (κ2) is 10.5. The molecule has 0 radical (unpaired) electrons. The summed E-state index contributed by atoms with van der Waals surface area (Å²) in [7, 11) is 0. The lowest BCUT2D eigenvalue weighted by Gasteiger charge is -2.12. The number of fused-ring (bicyclic) bond motifs is 3. The van der Waals surface area contributed by atoms with Crippen LogP contribution >= 0.6 is 0 Å². The van der Waals surface area contributed by atoms with Gasteiger partial charge >= 0.3 is 0 Å². The molecule has 4 nitrogen and oxygen atoms in total. The Kier molecular flexibility index (Phi) is 6.08. The summed E-state index contributed by atoms with van der Waals surface area (Å²) < 4.78 is 2.35. The summed E-state index contributed by atoms with van der Waals surface area (Å²) in [6.45, 7) is 0. The number of aromatic nitrogens is 4. The summed E-state index contributed by atoms with van der Waals surface area (Å²) in [4.78, 5) is 14.7. The van der Waals surface area contributed by atoms with Crippen molar-refractivity contribution in [3.8, 4) is 51.0 Å². The lowest BCUT2D eigenvalue weighted by Crippen LogP contribution is -2.00. The molecular weight excluding hydrogens is 524 g/mol. The van der Waals surface area contributed by atoms with Crippen LogP contribution in [0.1, 0.15) is 0 Å². The van der Waals surface area contributed by atoms with E-state index in [1.165, 1.54) is 21.8 Å². The Bertz CT molecular complexity index is 2120. The molecule has 0 aliphatic carbocycles. The number of hydrogen-bond donors (Lipinski definition) is 0. The van der Waals surface area contributed by atoms with Gasteiger partial charge in [-0.15, -0.1) is 0 Å². The zero-order valence-corrected chi connectivity index (χ0v) is 23.3. The van der Waals surface area contributed by atoms with E-state index in [1.54, 1.807) is 0 Å². The second-order valence-electron chi connectivity index (χ2n) is 10.5. The highest BCUT2D eigenvalue weighted by Gasteiger charge is 2.14. The van der Waals surface area contributed by atoms with Gasteiger partial charge in [0.15, 0.2) is 17.5 Å². The van der Waals surface area contributed by atoms with Crippen LogP contribution in [0.15, 0.2) is 158 Å². The van der Waals surface area contributed by atoms with E-state index in [9.17, 15) is 0 Å². The fourth-order valence-electron chi connectivity index (χ4n) is 5.80. The largest absolute Gasteiger partial charge is 0.309 e. The third-order valence-electron chi connectivity index (χ3n) is 7.84. The Morgan fingerprint density at radius 3 is 1.33 bits per heavy atom. The minimum Gasteiger partial charge on any atom is -0.309 e. The first-order valence-corrected chi connectivity index (χ1v) is 14.4. The Labute approximate surface area is 249 Å². The highest BCUT2D eigenvalue weighted by molar-refractivity contribution is 6.09. The molecule has 0 aliphatic heterocycles. The average molecular weight is 551 g/mol. The van der Waals surface area contributed by atoms with Gasteiger partial charge in [-0.05, 0) is 41.5 Å². The minimum absolute atomic E-state index is 0.646. The summed E-state index contributed by atoms with van der Waals surface area (Å²) in [5, 5.41) is 2.51. The molecule has 0 saturated carbocycles. The smallest absolute Gasteiger partial charge is 0.164 e. The molecule has 202 valence electrons. The topological polar surface area (TPSA) is 43.6 Å². The maximum Gasteiger partial charge on any atom is 0.164 e. The lowest BCUT2D eigenvalue weighted by atomic mass is 10.0. The van der Waals surface area contributed by atoms with Gasteiger partial charge < -0.3 is 4.57 Å². The van der Waals surface area contributed by atoms with Gasteiger partial charge in [-0.3, -0.25) is 0 Å². The molecule has 0 fully saturated rings. The van der Waals surface area contributed by atoms with Crippen LogP contribution in [0.25, 0.3) is 72.8 Å².